The van der Waals surface area contributed by atoms with Crippen LogP contribution in [0.4, 0.5) is 0 Å². The van der Waals surface area contributed by atoms with E-state index in [9.17, 15) is 4.79 Å². The summed E-state index contributed by atoms with van der Waals surface area (Å²) in [6.45, 7) is 2.56. The lowest BCUT2D eigenvalue weighted by atomic mass is 10.4. The molecule has 0 aliphatic carbocycles. The molecule has 0 spiro atoms. The van der Waals surface area contributed by atoms with Gasteiger partial charge in [0.1, 0.15) is 0 Å². The van der Waals surface area contributed by atoms with Crippen LogP contribution in [0.2, 0.25) is 5.28 Å². The van der Waals surface area contributed by atoms with E-state index in [0.717, 1.165) is 0 Å². The van der Waals surface area contributed by atoms with Crippen molar-refractivity contribution in [1.29, 1.82) is 0 Å². The van der Waals surface area contributed by atoms with Gasteiger partial charge < -0.3 is 9.47 Å². The molecule has 1 aromatic rings. The SMILES string of the molecule is CCOC(=O)c1nc(Cl)n2c1OC=CC2. The van der Waals surface area contributed by atoms with E-state index in [2.05, 4.69) is 4.98 Å². The molecule has 15 heavy (non-hydrogen) atoms. The molecule has 0 bridgehead atoms. The van der Waals surface area contributed by atoms with Gasteiger partial charge in [-0.2, -0.15) is 0 Å². The summed E-state index contributed by atoms with van der Waals surface area (Å²) < 4.78 is 11.6. The molecule has 1 aromatic heterocycles. The molecule has 0 saturated carbocycles. The van der Waals surface area contributed by atoms with Crippen molar-refractivity contribution in [2.45, 2.75) is 13.5 Å². The van der Waals surface area contributed by atoms with Crippen LogP contribution in [0, 0.1) is 0 Å². The second-order valence-corrected chi connectivity index (χ2v) is 3.19. The van der Waals surface area contributed by atoms with E-state index >= 15 is 0 Å². The number of hydrogen-bond donors (Lipinski definition) is 0. The number of esters is 1. The molecule has 0 atom stereocenters. The Morgan fingerprint density at radius 3 is 3.33 bits per heavy atom. The first kappa shape index (κ1) is 10.0. The lowest BCUT2D eigenvalue weighted by Crippen LogP contribution is -2.09. The summed E-state index contributed by atoms with van der Waals surface area (Å²) in [5.74, 6) is -0.190. The Kier molecular flexibility index (Phi) is 2.64. The number of nitrogens with zero attached hydrogens (tertiary/aromatic N) is 2. The van der Waals surface area contributed by atoms with E-state index in [1.807, 2.05) is 0 Å². The Balaban J connectivity index is 2.38. The molecule has 0 saturated heterocycles. The molecule has 0 fully saturated rings. The summed E-state index contributed by atoms with van der Waals surface area (Å²) in [5, 5.41) is 0.220. The number of rotatable bonds is 2. The zero-order valence-electron chi connectivity index (χ0n) is 8.07. The number of hydrogen-bond acceptors (Lipinski definition) is 4. The minimum Gasteiger partial charge on any atom is -0.461 e. The standard InChI is InChI=1S/C9H9ClN2O3/c1-2-14-8(13)6-7-12(9(10)11-6)4-3-5-15-7/h3,5H,2,4H2,1H3. The van der Waals surface area contributed by atoms with Crippen molar-refractivity contribution in [1.82, 2.24) is 9.55 Å². The fourth-order valence-electron chi connectivity index (χ4n) is 1.28. The smallest absolute Gasteiger partial charge is 0.362 e. The van der Waals surface area contributed by atoms with E-state index in [-0.39, 0.29) is 11.0 Å². The van der Waals surface area contributed by atoms with E-state index in [4.69, 9.17) is 21.1 Å². The minimum atomic E-state index is -0.525. The van der Waals surface area contributed by atoms with Crippen molar-refractivity contribution < 1.29 is 14.3 Å². The lowest BCUT2D eigenvalue weighted by molar-refractivity contribution is 0.0516. The molecule has 0 radical (unpaired) electrons. The van der Waals surface area contributed by atoms with Crippen LogP contribution in [-0.2, 0) is 11.3 Å². The third-order valence-electron chi connectivity index (χ3n) is 1.91. The maximum absolute atomic E-state index is 11.5. The van der Waals surface area contributed by atoms with E-state index in [1.165, 1.54) is 6.26 Å². The number of carbonyl (C=O) groups excluding carboxylic acids is 1. The lowest BCUT2D eigenvalue weighted by Gasteiger charge is -2.10. The second kappa shape index (κ2) is 3.94. The molecular formula is C9H9ClN2O3. The highest BCUT2D eigenvalue weighted by atomic mass is 35.5. The van der Waals surface area contributed by atoms with Gasteiger partial charge in [0.15, 0.2) is 0 Å². The average Bonchev–Trinajstić information content (AvgIpc) is 2.58. The minimum absolute atomic E-state index is 0.117. The van der Waals surface area contributed by atoms with E-state index < -0.39 is 5.97 Å². The molecule has 0 N–H and O–H groups in total. The zero-order valence-corrected chi connectivity index (χ0v) is 8.82. The van der Waals surface area contributed by atoms with Crippen molar-refractivity contribution in [3.05, 3.63) is 23.3 Å². The van der Waals surface area contributed by atoms with Crippen LogP contribution >= 0.6 is 11.6 Å². The largest absolute Gasteiger partial charge is 0.461 e. The Hall–Kier alpha value is -1.49. The Labute approximate surface area is 91.3 Å². The van der Waals surface area contributed by atoms with Gasteiger partial charge in [-0.05, 0) is 24.6 Å². The van der Waals surface area contributed by atoms with Crippen molar-refractivity contribution in [2.75, 3.05) is 6.61 Å². The average molecular weight is 229 g/mol. The van der Waals surface area contributed by atoms with Gasteiger partial charge in [-0.3, -0.25) is 4.57 Å². The van der Waals surface area contributed by atoms with Crippen LogP contribution < -0.4 is 4.74 Å². The maximum atomic E-state index is 11.5. The normalized spacial score (nSPS) is 13.2. The van der Waals surface area contributed by atoms with Crippen molar-refractivity contribution in [3.8, 4) is 5.88 Å². The summed E-state index contributed by atoms with van der Waals surface area (Å²) in [5.41, 5.74) is 0.117. The quantitative estimate of drug-likeness (QED) is 0.722. The van der Waals surface area contributed by atoms with Crippen LogP contribution in [0.1, 0.15) is 17.4 Å². The monoisotopic (exact) mass is 228 g/mol. The van der Waals surface area contributed by atoms with Crippen LogP contribution in [0.3, 0.4) is 0 Å². The highest BCUT2D eigenvalue weighted by Crippen LogP contribution is 2.27. The molecule has 80 valence electrons. The van der Waals surface area contributed by atoms with Crippen molar-refractivity contribution in [2.24, 2.45) is 0 Å². The van der Waals surface area contributed by atoms with Gasteiger partial charge in [-0.1, -0.05) is 0 Å². The number of aromatic nitrogens is 2. The van der Waals surface area contributed by atoms with Crippen LogP contribution in [0.15, 0.2) is 12.3 Å². The fourth-order valence-corrected chi connectivity index (χ4v) is 1.51. The van der Waals surface area contributed by atoms with Gasteiger partial charge in [0.2, 0.25) is 16.9 Å². The second-order valence-electron chi connectivity index (χ2n) is 2.86. The van der Waals surface area contributed by atoms with Crippen LogP contribution in [0.25, 0.3) is 0 Å². The molecule has 5 nitrogen and oxygen atoms in total. The first-order valence-electron chi connectivity index (χ1n) is 4.49. The molecule has 0 amide bonds. The number of fused-ring (bicyclic) bond motifs is 1. The molecular weight excluding hydrogens is 220 g/mol. The van der Waals surface area contributed by atoms with E-state index in [1.54, 1.807) is 17.6 Å². The number of imidazole rings is 1. The predicted molar refractivity (Wildman–Crippen MR) is 53.0 cm³/mol. The zero-order chi connectivity index (χ0) is 10.8. The van der Waals surface area contributed by atoms with Crippen molar-refractivity contribution >= 4 is 17.6 Å². The van der Waals surface area contributed by atoms with Gasteiger partial charge in [0.25, 0.3) is 0 Å². The highest BCUT2D eigenvalue weighted by molar-refractivity contribution is 6.28. The summed E-state index contributed by atoms with van der Waals surface area (Å²) in [4.78, 5) is 15.4. The number of ether oxygens (including phenoxy) is 2. The topological polar surface area (TPSA) is 53.3 Å². The first-order valence-corrected chi connectivity index (χ1v) is 4.86. The summed E-state index contributed by atoms with van der Waals surface area (Å²) in [7, 11) is 0. The summed E-state index contributed by atoms with van der Waals surface area (Å²) >= 11 is 5.84. The van der Waals surface area contributed by atoms with Crippen LogP contribution in [0.5, 0.6) is 5.88 Å². The molecule has 0 aromatic carbocycles. The number of carbonyl (C=O) groups is 1. The maximum Gasteiger partial charge on any atom is 0.362 e. The molecule has 1 aliphatic rings. The molecule has 6 heteroatoms. The Morgan fingerprint density at radius 1 is 1.80 bits per heavy atom. The Morgan fingerprint density at radius 2 is 2.60 bits per heavy atom. The predicted octanol–water partition coefficient (Wildman–Crippen LogP) is 1.62. The fraction of sp³-hybridized carbons (Fsp3) is 0.333. The first-order chi connectivity index (χ1) is 7.24. The van der Waals surface area contributed by atoms with E-state index in [0.29, 0.717) is 19.0 Å². The third-order valence-corrected chi connectivity index (χ3v) is 2.20. The summed E-state index contributed by atoms with van der Waals surface area (Å²) in [6.07, 6.45) is 3.27. The van der Waals surface area contributed by atoms with Crippen LogP contribution in [-0.4, -0.2) is 22.1 Å². The molecule has 2 heterocycles. The van der Waals surface area contributed by atoms with Gasteiger partial charge >= 0.3 is 5.97 Å². The van der Waals surface area contributed by atoms with Gasteiger partial charge in [0, 0.05) is 6.54 Å². The van der Waals surface area contributed by atoms with Crippen molar-refractivity contribution in [3.63, 3.8) is 0 Å². The summed E-state index contributed by atoms with van der Waals surface area (Å²) in [6, 6.07) is 0. The third kappa shape index (κ3) is 1.70. The van der Waals surface area contributed by atoms with Gasteiger partial charge in [-0.15, -0.1) is 0 Å². The van der Waals surface area contributed by atoms with Gasteiger partial charge in [-0.25, -0.2) is 9.78 Å². The molecule has 0 unspecified atom stereocenters. The van der Waals surface area contributed by atoms with Gasteiger partial charge in [0.05, 0.1) is 12.9 Å². The molecule has 2 rings (SSSR count). The molecule has 1 aliphatic heterocycles. The number of halogens is 1. The highest BCUT2D eigenvalue weighted by Gasteiger charge is 2.24. The Bertz CT molecular complexity index is 425. The number of allylic oxidation sites excluding steroid dienone is 1.